The number of hydrogen-bond acceptors (Lipinski definition) is 4. The van der Waals surface area contributed by atoms with Gasteiger partial charge in [0, 0.05) is 11.6 Å². The lowest BCUT2D eigenvalue weighted by atomic mass is 10.2. The molecule has 1 aromatic heterocycles. The largest absolute Gasteiger partial charge is 0.386 e. The predicted octanol–water partition coefficient (Wildman–Crippen LogP) is 2.32. The molecule has 0 amide bonds. The van der Waals surface area contributed by atoms with Gasteiger partial charge >= 0.3 is 0 Å². The van der Waals surface area contributed by atoms with Gasteiger partial charge < -0.3 is 5.11 Å². The van der Waals surface area contributed by atoms with E-state index in [0.717, 1.165) is 23.6 Å². The quantitative estimate of drug-likeness (QED) is 0.746. The highest BCUT2D eigenvalue weighted by atomic mass is 32.2. The van der Waals surface area contributed by atoms with Crippen molar-refractivity contribution < 1.29 is 5.11 Å². The van der Waals surface area contributed by atoms with Gasteiger partial charge in [0.05, 0.1) is 0 Å². The lowest BCUT2D eigenvalue weighted by Crippen LogP contribution is -1.96. The maximum Gasteiger partial charge on any atom is 0.121 e. The molecule has 0 aromatic carbocycles. The summed E-state index contributed by atoms with van der Waals surface area (Å²) in [5, 5.41) is 12.3. The lowest BCUT2D eigenvalue weighted by Gasteiger charge is -2.05. The molecule has 0 aliphatic rings. The Bertz CT molecular complexity index is 201. The van der Waals surface area contributed by atoms with E-state index >= 15 is 0 Å². The van der Waals surface area contributed by atoms with E-state index in [-0.39, 0.29) is 6.10 Å². The van der Waals surface area contributed by atoms with Gasteiger partial charge in [-0.3, -0.25) is 0 Å². The van der Waals surface area contributed by atoms with Crippen molar-refractivity contribution in [3.8, 4) is 0 Å². The monoisotopic (exact) mass is 203 g/mol. The topological polar surface area (TPSA) is 33.1 Å². The highest BCUT2D eigenvalue weighted by Crippen LogP contribution is 2.20. The minimum Gasteiger partial charge on any atom is -0.386 e. The first-order valence-corrected chi connectivity index (χ1v) is 6.18. The third-order valence-corrected chi connectivity index (χ3v) is 3.14. The average Bonchev–Trinajstić information content (AvgIpc) is 2.56. The van der Waals surface area contributed by atoms with Gasteiger partial charge in [-0.1, -0.05) is 0 Å². The third-order valence-electron chi connectivity index (χ3n) is 1.56. The summed E-state index contributed by atoms with van der Waals surface area (Å²) in [4.78, 5) is 4.06. The van der Waals surface area contributed by atoms with Gasteiger partial charge in [-0.05, 0) is 24.9 Å². The molecule has 0 saturated heterocycles. The van der Waals surface area contributed by atoms with Crippen molar-refractivity contribution >= 4 is 23.1 Å². The molecule has 1 rings (SSSR count). The zero-order valence-corrected chi connectivity index (χ0v) is 8.70. The number of thioether (sulfide) groups is 1. The average molecular weight is 203 g/mol. The van der Waals surface area contributed by atoms with Crippen LogP contribution in [0.3, 0.4) is 0 Å². The van der Waals surface area contributed by atoms with Crippen LogP contribution in [-0.4, -0.2) is 22.1 Å². The van der Waals surface area contributed by atoms with E-state index in [1.165, 1.54) is 11.3 Å². The van der Waals surface area contributed by atoms with Crippen LogP contribution in [0.1, 0.15) is 24.0 Å². The maximum absolute atomic E-state index is 9.57. The second kappa shape index (κ2) is 5.56. The summed E-state index contributed by atoms with van der Waals surface area (Å²) in [6.07, 6.45) is 5.35. The zero-order valence-electron chi connectivity index (χ0n) is 7.06. The first-order chi connectivity index (χ1) is 5.84. The molecule has 2 nitrogen and oxygen atoms in total. The Morgan fingerprint density at radius 1 is 1.75 bits per heavy atom. The fraction of sp³-hybridized carbons (Fsp3) is 0.625. The Morgan fingerprint density at radius 3 is 3.17 bits per heavy atom. The molecule has 0 fully saturated rings. The molecule has 1 heterocycles. The van der Waals surface area contributed by atoms with Gasteiger partial charge in [0.1, 0.15) is 11.1 Å². The van der Waals surface area contributed by atoms with Crippen LogP contribution in [0, 0.1) is 0 Å². The molecule has 0 spiro atoms. The van der Waals surface area contributed by atoms with Crippen LogP contribution in [0.25, 0.3) is 0 Å². The molecule has 4 heteroatoms. The molecule has 12 heavy (non-hydrogen) atoms. The second-order valence-corrected chi connectivity index (χ2v) is 4.43. The van der Waals surface area contributed by atoms with Crippen molar-refractivity contribution in [1.29, 1.82) is 0 Å². The highest BCUT2D eigenvalue weighted by Gasteiger charge is 2.08. The van der Waals surface area contributed by atoms with Gasteiger partial charge in [-0.25, -0.2) is 4.98 Å². The van der Waals surface area contributed by atoms with E-state index in [1.54, 1.807) is 6.20 Å². The highest BCUT2D eigenvalue weighted by molar-refractivity contribution is 7.98. The number of aliphatic hydroxyl groups excluding tert-OH is 1. The summed E-state index contributed by atoms with van der Waals surface area (Å²) in [6.45, 7) is 0. The van der Waals surface area contributed by atoms with E-state index in [1.807, 2.05) is 17.1 Å². The van der Waals surface area contributed by atoms with Crippen LogP contribution in [0.15, 0.2) is 11.6 Å². The molecule has 1 atom stereocenters. The molecular formula is C8H13NOS2. The van der Waals surface area contributed by atoms with Gasteiger partial charge in [-0.2, -0.15) is 11.8 Å². The van der Waals surface area contributed by atoms with E-state index in [4.69, 9.17) is 0 Å². The van der Waals surface area contributed by atoms with Gasteiger partial charge in [0.15, 0.2) is 0 Å². The molecule has 0 bridgehead atoms. The third kappa shape index (κ3) is 3.13. The van der Waals surface area contributed by atoms with Crippen molar-refractivity contribution in [1.82, 2.24) is 4.98 Å². The lowest BCUT2D eigenvalue weighted by molar-refractivity contribution is 0.166. The number of aromatic nitrogens is 1. The molecule has 0 saturated carbocycles. The summed E-state index contributed by atoms with van der Waals surface area (Å²) in [5.41, 5.74) is 0. The van der Waals surface area contributed by atoms with Crippen LogP contribution >= 0.6 is 23.1 Å². The summed E-state index contributed by atoms with van der Waals surface area (Å²) >= 11 is 3.33. The minimum absolute atomic E-state index is 0.350. The van der Waals surface area contributed by atoms with Crippen molar-refractivity contribution in [3.63, 3.8) is 0 Å². The van der Waals surface area contributed by atoms with Crippen LogP contribution in [0.4, 0.5) is 0 Å². The van der Waals surface area contributed by atoms with Crippen molar-refractivity contribution in [2.75, 3.05) is 12.0 Å². The van der Waals surface area contributed by atoms with Gasteiger partial charge in [0.2, 0.25) is 0 Å². The van der Waals surface area contributed by atoms with Crippen LogP contribution in [0.2, 0.25) is 0 Å². The number of thiazole rings is 1. The number of rotatable bonds is 5. The fourth-order valence-electron chi connectivity index (χ4n) is 0.944. The zero-order chi connectivity index (χ0) is 8.81. The van der Waals surface area contributed by atoms with Crippen molar-refractivity contribution in [2.24, 2.45) is 0 Å². The summed E-state index contributed by atoms with van der Waals surface area (Å²) in [7, 11) is 0. The molecule has 0 aliphatic heterocycles. The van der Waals surface area contributed by atoms with Gasteiger partial charge in [0.25, 0.3) is 0 Å². The summed E-state index contributed by atoms with van der Waals surface area (Å²) < 4.78 is 0. The van der Waals surface area contributed by atoms with E-state index in [0.29, 0.717) is 0 Å². The number of nitrogens with zero attached hydrogens (tertiary/aromatic N) is 1. The summed E-state index contributed by atoms with van der Waals surface area (Å²) in [6, 6.07) is 0. The van der Waals surface area contributed by atoms with E-state index < -0.39 is 0 Å². The SMILES string of the molecule is CSCCC[C@@H](O)c1nccs1. The molecule has 0 aliphatic carbocycles. The van der Waals surface area contributed by atoms with Crippen molar-refractivity contribution in [3.05, 3.63) is 16.6 Å². The Morgan fingerprint density at radius 2 is 2.58 bits per heavy atom. The standard InChI is InChI=1S/C8H13NOS2/c1-11-5-2-3-7(10)8-9-4-6-12-8/h4,6-7,10H,2-3,5H2,1H3/t7-/m1/s1. The Labute approximate surface area is 81.0 Å². The first kappa shape index (κ1) is 10.0. The number of hydrogen-bond donors (Lipinski definition) is 1. The second-order valence-electron chi connectivity index (χ2n) is 2.52. The molecule has 1 N–H and O–H groups in total. The van der Waals surface area contributed by atoms with E-state index in [9.17, 15) is 5.11 Å². The molecule has 0 radical (unpaired) electrons. The molecular weight excluding hydrogens is 190 g/mol. The number of aliphatic hydroxyl groups is 1. The molecule has 0 unspecified atom stereocenters. The minimum atomic E-state index is -0.350. The van der Waals surface area contributed by atoms with Crippen molar-refractivity contribution in [2.45, 2.75) is 18.9 Å². The normalized spacial score (nSPS) is 13.2. The van der Waals surface area contributed by atoms with E-state index in [2.05, 4.69) is 11.2 Å². The molecule has 68 valence electrons. The van der Waals surface area contributed by atoms with Crippen LogP contribution in [-0.2, 0) is 0 Å². The maximum atomic E-state index is 9.57. The molecule has 1 aromatic rings. The smallest absolute Gasteiger partial charge is 0.121 e. The van der Waals surface area contributed by atoms with Crippen LogP contribution < -0.4 is 0 Å². The van der Waals surface area contributed by atoms with Crippen LogP contribution in [0.5, 0.6) is 0 Å². The first-order valence-electron chi connectivity index (χ1n) is 3.91. The fourth-order valence-corrected chi connectivity index (χ4v) is 2.06. The predicted molar refractivity (Wildman–Crippen MR) is 54.7 cm³/mol. The summed E-state index contributed by atoms with van der Waals surface area (Å²) in [5.74, 6) is 1.11. The Balaban J connectivity index is 2.25. The Kier molecular flexibility index (Phi) is 4.65. The Hall–Kier alpha value is -0.0600. The van der Waals surface area contributed by atoms with Gasteiger partial charge in [-0.15, -0.1) is 11.3 Å².